The van der Waals surface area contributed by atoms with Gasteiger partial charge in [0.1, 0.15) is 0 Å². The largest absolute Gasteiger partial charge is 0.490 e. The molecule has 1 aliphatic heterocycles. The van der Waals surface area contributed by atoms with Crippen LogP contribution in [0.15, 0.2) is 72.8 Å². The highest BCUT2D eigenvalue weighted by atomic mass is 16.5. The SMILES string of the molecule is CCOc1cc(C(=O)Nc2ccc(N3CCN(C(=O)/C=C/c4ccccc4)CC3)cc2)cc(OCC)c1OCC. The summed E-state index contributed by atoms with van der Waals surface area (Å²) in [5.41, 5.74) is 3.15. The lowest BCUT2D eigenvalue weighted by Crippen LogP contribution is -2.48. The molecule has 1 fully saturated rings. The summed E-state index contributed by atoms with van der Waals surface area (Å²) in [4.78, 5) is 29.8. The molecule has 0 radical (unpaired) electrons. The van der Waals surface area contributed by atoms with Crippen LogP contribution in [0.1, 0.15) is 36.7 Å². The van der Waals surface area contributed by atoms with E-state index in [1.165, 1.54) is 0 Å². The molecule has 3 aromatic rings. The second kappa shape index (κ2) is 14.1. The van der Waals surface area contributed by atoms with Gasteiger partial charge in [-0.1, -0.05) is 30.3 Å². The minimum absolute atomic E-state index is 0.0239. The van der Waals surface area contributed by atoms with Crippen LogP contribution in [0.4, 0.5) is 11.4 Å². The Bertz CT molecular complexity index is 1270. The quantitative estimate of drug-likeness (QED) is 0.322. The number of carbonyl (C=O) groups is 2. The molecule has 3 aromatic carbocycles. The van der Waals surface area contributed by atoms with Gasteiger partial charge in [-0.2, -0.15) is 0 Å². The minimum atomic E-state index is -0.270. The fourth-order valence-corrected chi connectivity index (χ4v) is 4.50. The first kappa shape index (κ1) is 28.5. The molecule has 0 bridgehead atoms. The molecule has 4 rings (SSSR count). The number of hydrogen-bond acceptors (Lipinski definition) is 6. The van der Waals surface area contributed by atoms with Gasteiger partial charge in [0.2, 0.25) is 11.7 Å². The molecular formula is C32H37N3O5. The van der Waals surface area contributed by atoms with Crippen LogP contribution in [0.2, 0.25) is 0 Å². The van der Waals surface area contributed by atoms with Crippen molar-refractivity contribution in [2.45, 2.75) is 20.8 Å². The Morgan fingerprint density at radius 1 is 0.800 bits per heavy atom. The lowest BCUT2D eigenvalue weighted by atomic mass is 10.1. The van der Waals surface area contributed by atoms with Crippen LogP contribution in [0, 0.1) is 0 Å². The van der Waals surface area contributed by atoms with Gasteiger partial charge in [0, 0.05) is 49.2 Å². The zero-order valence-electron chi connectivity index (χ0n) is 23.4. The van der Waals surface area contributed by atoms with Crippen LogP contribution >= 0.6 is 0 Å². The third kappa shape index (κ3) is 7.34. The molecule has 40 heavy (non-hydrogen) atoms. The predicted molar refractivity (Wildman–Crippen MR) is 159 cm³/mol. The summed E-state index contributed by atoms with van der Waals surface area (Å²) in [6, 6.07) is 20.9. The third-order valence-corrected chi connectivity index (χ3v) is 6.47. The summed E-state index contributed by atoms with van der Waals surface area (Å²) in [5.74, 6) is 1.21. The number of nitrogens with one attached hydrogen (secondary N) is 1. The third-order valence-electron chi connectivity index (χ3n) is 6.47. The van der Waals surface area contributed by atoms with E-state index >= 15 is 0 Å². The summed E-state index contributed by atoms with van der Waals surface area (Å²) >= 11 is 0. The Kier molecular flexibility index (Phi) is 10.0. The maximum Gasteiger partial charge on any atom is 0.255 e. The number of benzene rings is 3. The molecule has 1 N–H and O–H groups in total. The Morgan fingerprint density at radius 2 is 1.40 bits per heavy atom. The average Bonchev–Trinajstić information content (AvgIpc) is 2.98. The van der Waals surface area contributed by atoms with Gasteiger partial charge < -0.3 is 29.3 Å². The number of rotatable bonds is 11. The summed E-state index contributed by atoms with van der Waals surface area (Å²) in [7, 11) is 0. The van der Waals surface area contributed by atoms with Crippen molar-refractivity contribution >= 4 is 29.3 Å². The molecule has 0 aromatic heterocycles. The zero-order valence-corrected chi connectivity index (χ0v) is 23.4. The van der Waals surface area contributed by atoms with Gasteiger partial charge in [-0.3, -0.25) is 9.59 Å². The van der Waals surface area contributed by atoms with Gasteiger partial charge in [0.25, 0.3) is 5.91 Å². The lowest BCUT2D eigenvalue weighted by molar-refractivity contribution is -0.126. The van der Waals surface area contributed by atoms with Crippen molar-refractivity contribution in [2.75, 3.05) is 56.2 Å². The van der Waals surface area contributed by atoms with Crippen molar-refractivity contribution < 1.29 is 23.8 Å². The standard InChI is InChI=1S/C32H37N3O5/c1-4-38-28-22-25(23-29(39-5-2)31(28)40-6-3)32(37)33-26-13-15-27(16-14-26)34-18-20-35(21-19-34)30(36)17-12-24-10-8-7-9-11-24/h7-17,22-23H,4-6,18-21H2,1-3H3,(H,33,37)/b17-12+. The highest BCUT2D eigenvalue weighted by Crippen LogP contribution is 2.39. The second-order valence-corrected chi connectivity index (χ2v) is 9.16. The van der Waals surface area contributed by atoms with E-state index in [2.05, 4.69) is 10.2 Å². The molecule has 2 amide bonds. The van der Waals surface area contributed by atoms with Gasteiger partial charge in [0.15, 0.2) is 11.5 Å². The number of hydrogen-bond donors (Lipinski definition) is 1. The molecule has 210 valence electrons. The van der Waals surface area contributed by atoms with Gasteiger partial charge >= 0.3 is 0 Å². The Balaban J connectivity index is 1.36. The second-order valence-electron chi connectivity index (χ2n) is 9.16. The summed E-state index contributed by atoms with van der Waals surface area (Å²) in [5, 5.41) is 2.96. The molecule has 0 saturated carbocycles. The molecule has 0 aliphatic carbocycles. The van der Waals surface area contributed by atoms with E-state index in [9.17, 15) is 9.59 Å². The molecule has 0 atom stereocenters. The van der Waals surface area contributed by atoms with Crippen LogP contribution in [-0.2, 0) is 4.79 Å². The van der Waals surface area contributed by atoms with Crippen molar-refractivity contribution in [2.24, 2.45) is 0 Å². The zero-order chi connectivity index (χ0) is 28.3. The van der Waals surface area contributed by atoms with E-state index in [1.807, 2.05) is 86.3 Å². The van der Waals surface area contributed by atoms with E-state index < -0.39 is 0 Å². The topological polar surface area (TPSA) is 80.3 Å². The van der Waals surface area contributed by atoms with E-state index in [0.717, 1.165) is 24.3 Å². The summed E-state index contributed by atoms with van der Waals surface area (Å²) < 4.78 is 17.2. The highest BCUT2D eigenvalue weighted by molar-refractivity contribution is 6.05. The Labute approximate surface area is 236 Å². The van der Waals surface area contributed by atoms with Crippen molar-refractivity contribution in [1.29, 1.82) is 0 Å². The first-order valence-corrected chi connectivity index (χ1v) is 13.8. The maximum absolute atomic E-state index is 13.1. The number of anilines is 2. The minimum Gasteiger partial charge on any atom is -0.490 e. The Morgan fingerprint density at radius 3 is 1.98 bits per heavy atom. The fourth-order valence-electron chi connectivity index (χ4n) is 4.50. The van der Waals surface area contributed by atoms with Crippen molar-refractivity contribution in [3.05, 3.63) is 83.9 Å². The number of piperazine rings is 1. The maximum atomic E-state index is 13.1. The molecule has 1 aliphatic rings. The van der Waals surface area contributed by atoms with E-state index in [1.54, 1.807) is 18.2 Å². The predicted octanol–water partition coefficient (Wildman–Crippen LogP) is 5.50. The number of amides is 2. The lowest BCUT2D eigenvalue weighted by Gasteiger charge is -2.35. The van der Waals surface area contributed by atoms with Crippen LogP contribution in [0.3, 0.4) is 0 Å². The molecule has 0 unspecified atom stereocenters. The van der Waals surface area contributed by atoms with Crippen molar-refractivity contribution in [3.8, 4) is 17.2 Å². The molecular weight excluding hydrogens is 506 g/mol. The molecule has 8 nitrogen and oxygen atoms in total. The van der Waals surface area contributed by atoms with Crippen LogP contribution in [0.5, 0.6) is 17.2 Å². The first-order valence-electron chi connectivity index (χ1n) is 13.8. The van der Waals surface area contributed by atoms with Gasteiger partial charge in [-0.05, 0) is 68.8 Å². The number of ether oxygens (including phenoxy) is 3. The normalized spacial score (nSPS) is 13.3. The van der Waals surface area contributed by atoms with Crippen LogP contribution in [-0.4, -0.2) is 62.7 Å². The fraction of sp³-hybridized carbons (Fsp3) is 0.312. The smallest absolute Gasteiger partial charge is 0.255 e. The van der Waals surface area contributed by atoms with Crippen LogP contribution < -0.4 is 24.4 Å². The van der Waals surface area contributed by atoms with Crippen molar-refractivity contribution in [3.63, 3.8) is 0 Å². The molecule has 1 heterocycles. The summed E-state index contributed by atoms with van der Waals surface area (Å²) in [6.07, 6.45) is 3.49. The van der Waals surface area contributed by atoms with Gasteiger partial charge in [0.05, 0.1) is 19.8 Å². The van der Waals surface area contributed by atoms with E-state index in [-0.39, 0.29) is 11.8 Å². The van der Waals surface area contributed by atoms with Crippen molar-refractivity contribution in [1.82, 2.24) is 4.90 Å². The summed E-state index contributed by atoms with van der Waals surface area (Å²) in [6.45, 7) is 9.75. The van der Waals surface area contributed by atoms with E-state index in [0.29, 0.717) is 61.4 Å². The molecule has 1 saturated heterocycles. The average molecular weight is 544 g/mol. The highest BCUT2D eigenvalue weighted by Gasteiger charge is 2.21. The first-order chi connectivity index (χ1) is 19.5. The van der Waals surface area contributed by atoms with E-state index in [4.69, 9.17) is 14.2 Å². The van der Waals surface area contributed by atoms with Gasteiger partial charge in [-0.15, -0.1) is 0 Å². The monoisotopic (exact) mass is 543 g/mol. The van der Waals surface area contributed by atoms with Crippen LogP contribution in [0.25, 0.3) is 6.08 Å². The number of nitrogens with zero attached hydrogens (tertiary/aromatic N) is 2. The molecule has 0 spiro atoms. The van der Waals surface area contributed by atoms with Gasteiger partial charge in [-0.25, -0.2) is 0 Å². The number of carbonyl (C=O) groups excluding carboxylic acids is 2. The molecule has 8 heteroatoms. The Hall–Kier alpha value is -4.46.